The summed E-state index contributed by atoms with van der Waals surface area (Å²) in [6.45, 7) is 0.113. The Labute approximate surface area is 156 Å². The maximum Gasteiger partial charge on any atom is 0.417 e. The van der Waals surface area contributed by atoms with Crippen LogP contribution in [0.1, 0.15) is 37.4 Å². The van der Waals surface area contributed by atoms with Crippen molar-refractivity contribution in [2.45, 2.75) is 19.1 Å². The number of alkyl halides is 3. The number of rotatable bonds is 2. The fourth-order valence-corrected chi connectivity index (χ4v) is 3.15. The molecule has 0 aromatic heterocycles. The van der Waals surface area contributed by atoms with Crippen LogP contribution in [0.2, 0.25) is 5.02 Å². The maximum atomic E-state index is 13.5. The summed E-state index contributed by atoms with van der Waals surface area (Å²) in [6.07, 6.45) is -4.63. The number of amides is 1. The van der Waals surface area contributed by atoms with Crippen LogP contribution in [0.25, 0.3) is 0 Å². The van der Waals surface area contributed by atoms with Gasteiger partial charge in [-0.3, -0.25) is 4.79 Å². The Kier molecular flexibility index (Phi) is 4.86. The van der Waals surface area contributed by atoms with Crippen LogP contribution in [-0.4, -0.2) is 28.4 Å². The number of carboxylic acid groups (broad SMARTS) is 1. The summed E-state index contributed by atoms with van der Waals surface area (Å²) in [6, 6.07) is 5.28. The van der Waals surface area contributed by atoms with Crippen LogP contribution in [0.3, 0.4) is 0 Å². The predicted molar refractivity (Wildman–Crippen MR) is 88.3 cm³/mol. The summed E-state index contributed by atoms with van der Waals surface area (Å²) in [7, 11) is 0. The van der Waals surface area contributed by atoms with Gasteiger partial charge in [0.25, 0.3) is 5.91 Å². The van der Waals surface area contributed by atoms with Gasteiger partial charge in [0.2, 0.25) is 0 Å². The Hall–Kier alpha value is -2.61. The Morgan fingerprint density at radius 2 is 1.81 bits per heavy atom. The average Bonchev–Trinajstić information content (AvgIpc) is 2.61. The predicted octanol–water partition coefficient (Wildman–Crippen LogP) is 4.39. The monoisotopic (exact) mass is 401 g/mol. The minimum atomic E-state index is -4.92. The molecule has 2 aromatic carbocycles. The van der Waals surface area contributed by atoms with Crippen LogP contribution in [-0.2, 0) is 19.1 Å². The molecule has 9 heteroatoms. The molecule has 4 nitrogen and oxygen atoms in total. The lowest BCUT2D eigenvalue weighted by molar-refractivity contribution is -0.138. The van der Waals surface area contributed by atoms with Crippen LogP contribution in [0.15, 0.2) is 30.3 Å². The molecule has 1 heterocycles. The van der Waals surface area contributed by atoms with Gasteiger partial charge in [-0.2, -0.15) is 13.2 Å². The molecule has 142 valence electrons. The van der Waals surface area contributed by atoms with Crippen LogP contribution in [0.4, 0.5) is 17.6 Å². The standard InChI is InChI=1S/C18H12ClF4NO3/c19-14-6-12(13(7-15(14)20)18(21,22)23)16(25)24-4-3-9-5-10(17(26)27)1-2-11(9)8-24/h1-2,5-7H,3-4,8H2,(H,26,27). The van der Waals surface area contributed by atoms with E-state index >= 15 is 0 Å². The van der Waals surface area contributed by atoms with Gasteiger partial charge < -0.3 is 10.0 Å². The third kappa shape index (κ3) is 3.75. The summed E-state index contributed by atoms with van der Waals surface area (Å²) in [5, 5.41) is 8.44. The number of carbonyl (C=O) groups is 2. The summed E-state index contributed by atoms with van der Waals surface area (Å²) in [5.41, 5.74) is -0.660. The highest BCUT2D eigenvalue weighted by Gasteiger charge is 2.38. The molecule has 1 aliphatic rings. The number of fused-ring (bicyclic) bond motifs is 1. The number of carbonyl (C=O) groups excluding carboxylic acids is 1. The van der Waals surface area contributed by atoms with Gasteiger partial charge in [-0.05, 0) is 41.8 Å². The van der Waals surface area contributed by atoms with Crippen LogP contribution >= 0.6 is 11.6 Å². The van der Waals surface area contributed by atoms with E-state index in [1.165, 1.54) is 23.1 Å². The van der Waals surface area contributed by atoms with Crippen molar-refractivity contribution in [3.63, 3.8) is 0 Å². The Bertz CT molecular complexity index is 943. The third-order valence-electron chi connectivity index (χ3n) is 4.35. The zero-order valence-electron chi connectivity index (χ0n) is 13.6. The molecule has 2 aromatic rings. The summed E-state index contributed by atoms with van der Waals surface area (Å²) < 4.78 is 53.1. The second-order valence-corrected chi connectivity index (χ2v) is 6.48. The average molecular weight is 402 g/mol. The molecule has 0 spiro atoms. The fourth-order valence-electron chi connectivity index (χ4n) is 2.99. The first-order valence-corrected chi connectivity index (χ1v) is 8.16. The maximum absolute atomic E-state index is 13.5. The van der Waals surface area contributed by atoms with Crippen molar-refractivity contribution in [3.8, 4) is 0 Å². The topological polar surface area (TPSA) is 57.6 Å². The molecule has 1 aliphatic heterocycles. The van der Waals surface area contributed by atoms with Crippen molar-refractivity contribution in [1.29, 1.82) is 0 Å². The van der Waals surface area contributed by atoms with E-state index in [1.807, 2.05) is 0 Å². The molecule has 0 atom stereocenters. The smallest absolute Gasteiger partial charge is 0.417 e. The molecule has 0 radical (unpaired) electrons. The minimum Gasteiger partial charge on any atom is -0.478 e. The molecule has 0 aliphatic carbocycles. The van der Waals surface area contributed by atoms with Gasteiger partial charge in [0.15, 0.2) is 0 Å². The molecule has 3 rings (SSSR count). The summed E-state index contributed by atoms with van der Waals surface area (Å²) in [4.78, 5) is 24.9. The lowest BCUT2D eigenvalue weighted by Gasteiger charge is -2.30. The lowest BCUT2D eigenvalue weighted by Crippen LogP contribution is -2.37. The molecule has 0 saturated heterocycles. The van der Waals surface area contributed by atoms with E-state index in [4.69, 9.17) is 16.7 Å². The Morgan fingerprint density at radius 1 is 1.11 bits per heavy atom. The van der Waals surface area contributed by atoms with E-state index in [0.717, 1.165) is 0 Å². The SMILES string of the molecule is O=C(O)c1ccc2c(c1)CCN(C(=O)c1cc(Cl)c(F)cc1C(F)(F)F)C2. The number of nitrogens with zero attached hydrogens (tertiary/aromatic N) is 1. The zero-order valence-corrected chi connectivity index (χ0v) is 14.4. The molecule has 27 heavy (non-hydrogen) atoms. The zero-order chi connectivity index (χ0) is 19.9. The van der Waals surface area contributed by atoms with E-state index < -0.39 is 40.0 Å². The Balaban J connectivity index is 1.94. The number of hydrogen-bond acceptors (Lipinski definition) is 2. The van der Waals surface area contributed by atoms with E-state index in [9.17, 15) is 27.2 Å². The van der Waals surface area contributed by atoms with Crippen LogP contribution < -0.4 is 0 Å². The van der Waals surface area contributed by atoms with E-state index in [0.29, 0.717) is 23.6 Å². The highest BCUT2D eigenvalue weighted by atomic mass is 35.5. The molecular weight excluding hydrogens is 390 g/mol. The highest BCUT2D eigenvalue weighted by molar-refractivity contribution is 6.31. The number of aromatic carboxylic acids is 1. The van der Waals surface area contributed by atoms with Gasteiger partial charge in [-0.1, -0.05) is 17.7 Å². The van der Waals surface area contributed by atoms with Gasteiger partial charge in [0.1, 0.15) is 5.82 Å². The quantitative estimate of drug-likeness (QED) is 0.759. The van der Waals surface area contributed by atoms with E-state index in [2.05, 4.69) is 0 Å². The second-order valence-electron chi connectivity index (χ2n) is 6.08. The first kappa shape index (κ1) is 19.2. The first-order chi connectivity index (χ1) is 12.6. The van der Waals surface area contributed by atoms with E-state index in [1.54, 1.807) is 0 Å². The van der Waals surface area contributed by atoms with Crippen LogP contribution in [0.5, 0.6) is 0 Å². The van der Waals surface area contributed by atoms with Crippen molar-refractivity contribution in [3.05, 3.63) is 69.0 Å². The first-order valence-electron chi connectivity index (χ1n) is 7.78. The van der Waals surface area contributed by atoms with Crippen molar-refractivity contribution < 1.29 is 32.3 Å². The fraction of sp³-hybridized carbons (Fsp3) is 0.222. The normalized spacial score (nSPS) is 14.0. The molecule has 0 fully saturated rings. The third-order valence-corrected chi connectivity index (χ3v) is 4.64. The number of hydrogen-bond donors (Lipinski definition) is 1. The van der Waals surface area contributed by atoms with Gasteiger partial charge in [0, 0.05) is 13.1 Å². The highest BCUT2D eigenvalue weighted by Crippen LogP contribution is 2.35. The second kappa shape index (κ2) is 6.84. The Morgan fingerprint density at radius 3 is 2.44 bits per heavy atom. The molecular formula is C18H12ClF4NO3. The van der Waals surface area contributed by atoms with E-state index in [-0.39, 0.29) is 24.7 Å². The molecule has 0 unspecified atom stereocenters. The van der Waals surface area contributed by atoms with Gasteiger partial charge in [-0.25, -0.2) is 9.18 Å². The minimum absolute atomic E-state index is 0.0142. The van der Waals surface area contributed by atoms with Gasteiger partial charge in [0.05, 0.1) is 21.7 Å². The molecule has 1 amide bonds. The van der Waals surface area contributed by atoms with Crippen molar-refractivity contribution in [2.24, 2.45) is 0 Å². The van der Waals surface area contributed by atoms with Crippen molar-refractivity contribution >= 4 is 23.5 Å². The molecule has 0 saturated carbocycles. The number of benzene rings is 2. The van der Waals surface area contributed by atoms with Crippen LogP contribution in [0, 0.1) is 5.82 Å². The van der Waals surface area contributed by atoms with Crippen molar-refractivity contribution in [1.82, 2.24) is 4.90 Å². The summed E-state index contributed by atoms with van der Waals surface area (Å²) >= 11 is 5.58. The lowest BCUT2D eigenvalue weighted by atomic mass is 9.96. The number of halogens is 5. The molecule has 0 bridgehead atoms. The number of carboxylic acids is 1. The van der Waals surface area contributed by atoms with Gasteiger partial charge in [-0.15, -0.1) is 0 Å². The summed E-state index contributed by atoms with van der Waals surface area (Å²) in [5.74, 6) is -3.27. The van der Waals surface area contributed by atoms with Crippen molar-refractivity contribution in [2.75, 3.05) is 6.54 Å². The largest absolute Gasteiger partial charge is 0.478 e. The van der Waals surface area contributed by atoms with Gasteiger partial charge >= 0.3 is 12.1 Å². The molecule has 1 N–H and O–H groups in total.